The number of esters is 1. The highest BCUT2D eigenvalue weighted by Gasteiger charge is 2.29. The van der Waals surface area contributed by atoms with Crippen molar-refractivity contribution in [1.29, 1.82) is 0 Å². The van der Waals surface area contributed by atoms with Crippen molar-refractivity contribution in [3.05, 3.63) is 65.7 Å². The van der Waals surface area contributed by atoms with Gasteiger partial charge in [-0.2, -0.15) is 0 Å². The molecule has 2 aliphatic rings. The lowest BCUT2D eigenvalue weighted by molar-refractivity contribution is -0.148. The first-order valence-corrected chi connectivity index (χ1v) is 13.6. The minimum Gasteiger partial charge on any atom is -0.494 e. The number of amides is 1. The SMILES string of the molecule is CC[C@@H]1CCCOc2ccc(cc2)C[C@H](CC(=O)OCc2ccccc2)C(=O)N[C@@H](CC(C)C)C(=O)C1. The number of ketones is 1. The van der Waals surface area contributed by atoms with Gasteiger partial charge < -0.3 is 14.8 Å². The maximum absolute atomic E-state index is 13.5. The van der Waals surface area contributed by atoms with Crippen LogP contribution in [0.1, 0.15) is 70.4 Å². The highest BCUT2D eigenvalue weighted by Crippen LogP contribution is 2.23. The van der Waals surface area contributed by atoms with Gasteiger partial charge in [-0.1, -0.05) is 69.7 Å². The van der Waals surface area contributed by atoms with E-state index in [1.54, 1.807) is 0 Å². The summed E-state index contributed by atoms with van der Waals surface area (Å²) in [5.74, 6) is -0.0209. The molecule has 0 saturated carbocycles. The summed E-state index contributed by atoms with van der Waals surface area (Å²) in [5.41, 5.74) is 1.81. The van der Waals surface area contributed by atoms with Crippen LogP contribution in [0.4, 0.5) is 0 Å². The van der Waals surface area contributed by atoms with E-state index in [4.69, 9.17) is 9.47 Å². The summed E-state index contributed by atoms with van der Waals surface area (Å²) < 4.78 is 11.4. The van der Waals surface area contributed by atoms with E-state index in [1.807, 2.05) is 68.4 Å². The number of Topliss-reactive ketones (excluding diaryl/α,β-unsaturated/α-hetero) is 1. The van der Waals surface area contributed by atoms with Crippen molar-refractivity contribution in [2.75, 3.05) is 6.61 Å². The van der Waals surface area contributed by atoms with Crippen LogP contribution in [-0.2, 0) is 32.1 Å². The standard InChI is InChI=1S/C31H41NO5/c1-4-23-11-8-16-36-27-14-12-24(13-15-27)18-26(20-30(34)37-21-25-9-6-5-7-10-25)31(35)32-28(17-22(2)3)29(33)19-23/h5-7,9-10,12-15,22-23,26,28H,4,8,11,16-21H2,1-3H3,(H,32,35)/t23-,26-,28+/m1/s1. The highest BCUT2D eigenvalue weighted by molar-refractivity contribution is 5.91. The zero-order valence-corrected chi connectivity index (χ0v) is 22.4. The second-order valence-electron chi connectivity index (χ2n) is 10.5. The Labute approximate surface area is 221 Å². The second kappa shape index (κ2) is 14.6. The molecule has 6 nitrogen and oxygen atoms in total. The molecule has 6 heteroatoms. The molecule has 0 aromatic heterocycles. The minimum absolute atomic E-state index is 0.0584. The summed E-state index contributed by atoms with van der Waals surface area (Å²) in [4.78, 5) is 39.6. The summed E-state index contributed by atoms with van der Waals surface area (Å²) in [6.07, 6.45) is 4.00. The average Bonchev–Trinajstić information content (AvgIpc) is 2.89. The van der Waals surface area contributed by atoms with Crippen LogP contribution in [0.5, 0.6) is 5.75 Å². The van der Waals surface area contributed by atoms with Crippen LogP contribution < -0.4 is 10.1 Å². The molecule has 2 heterocycles. The summed E-state index contributed by atoms with van der Waals surface area (Å²) in [6.45, 7) is 6.96. The summed E-state index contributed by atoms with van der Waals surface area (Å²) >= 11 is 0. The molecule has 2 bridgehead atoms. The van der Waals surface area contributed by atoms with Crippen LogP contribution in [-0.4, -0.2) is 30.3 Å². The molecular weight excluding hydrogens is 466 g/mol. The Morgan fingerprint density at radius 3 is 2.46 bits per heavy atom. The van der Waals surface area contributed by atoms with Crippen LogP contribution in [0.25, 0.3) is 0 Å². The average molecular weight is 508 g/mol. The van der Waals surface area contributed by atoms with Gasteiger partial charge in [-0.25, -0.2) is 0 Å². The number of ether oxygens (including phenoxy) is 2. The number of benzene rings is 2. The van der Waals surface area contributed by atoms with E-state index in [2.05, 4.69) is 12.2 Å². The van der Waals surface area contributed by atoms with Crippen molar-refractivity contribution in [3.8, 4) is 5.75 Å². The zero-order valence-electron chi connectivity index (χ0n) is 22.4. The van der Waals surface area contributed by atoms with Crippen molar-refractivity contribution >= 4 is 17.7 Å². The molecule has 4 rings (SSSR count). The van der Waals surface area contributed by atoms with E-state index >= 15 is 0 Å². The molecule has 37 heavy (non-hydrogen) atoms. The Kier molecular flexibility index (Phi) is 11.2. The molecule has 0 saturated heterocycles. The number of rotatable bonds is 7. The monoisotopic (exact) mass is 507 g/mol. The molecule has 3 atom stereocenters. The van der Waals surface area contributed by atoms with Crippen molar-refractivity contribution in [1.82, 2.24) is 5.32 Å². The van der Waals surface area contributed by atoms with Gasteiger partial charge in [-0.15, -0.1) is 0 Å². The Morgan fingerprint density at radius 1 is 1.05 bits per heavy atom. The van der Waals surface area contributed by atoms with Crippen LogP contribution in [0.3, 0.4) is 0 Å². The van der Waals surface area contributed by atoms with Gasteiger partial charge in [0.2, 0.25) is 5.91 Å². The molecule has 0 unspecified atom stereocenters. The first-order chi connectivity index (χ1) is 17.8. The predicted molar refractivity (Wildman–Crippen MR) is 144 cm³/mol. The van der Waals surface area contributed by atoms with Crippen LogP contribution in [0, 0.1) is 17.8 Å². The Balaban J connectivity index is 1.80. The molecule has 1 amide bonds. The van der Waals surface area contributed by atoms with Gasteiger partial charge in [0, 0.05) is 6.42 Å². The first kappa shape index (κ1) is 28.4. The molecule has 200 valence electrons. The number of fused-ring (bicyclic) bond motifs is 13. The van der Waals surface area contributed by atoms with Crippen molar-refractivity contribution in [2.45, 2.75) is 78.4 Å². The lowest BCUT2D eigenvalue weighted by atomic mass is 9.88. The van der Waals surface area contributed by atoms with E-state index in [0.717, 1.165) is 36.1 Å². The van der Waals surface area contributed by atoms with Crippen molar-refractivity contribution < 1.29 is 23.9 Å². The number of nitrogens with one attached hydrogen (secondary N) is 1. The quantitative estimate of drug-likeness (QED) is 0.489. The van der Waals surface area contributed by atoms with Gasteiger partial charge in [0.25, 0.3) is 0 Å². The normalized spacial score (nSPS) is 21.4. The predicted octanol–water partition coefficient (Wildman–Crippen LogP) is 5.67. The molecule has 2 aromatic rings. The molecule has 2 aliphatic heterocycles. The fourth-order valence-electron chi connectivity index (χ4n) is 4.73. The Hall–Kier alpha value is -3.15. The van der Waals surface area contributed by atoms with Gasteiger partial charge in [0.1, 0.15) is 12.4 Å². The third-order valence-electron chi connectivity index (χ3n) is 6.94. The second-order valence-corrected chi connectivity index (χ2v) is 10.5. The molecule has 0 radical (unpaired) electrons. The van der Waals surface area contributed by atoms with E-state index in [1.165, 1.54) is 0 Å². The Bertz CT molecular complexity index is 1000. The maximum atomic E-state index is 13.5. The topological polar surface area (TPSA) is 81.7 Å². The van der Waals surface area contributed by atoms with Crippen molar-refractivity contribution in [3.63, 3.8) is 0 Å². The van der Waals surface area contributed by atoms with Gasteiger partial charge in [-0.3, -0.25) is 14.4 Å². The van der Waals surface area contributed by atoms with Gasteiger partial charge >= 0.3 is 5.97 Å². The van der Waals surface area contributed by atoms with Gasteiger partial charge in [0.15, 0.2) is 5.78 Å². The summed E-state index contributed by atoms with van der Waals surface area (Å²) in [6, 6.07) is 16.6. The van der Waals surface area contributed by atoms with E-state index < -0.39 is 17.9 Å². The summed E-state index contributed by atoms with van der Waals surface area (Å²) in [5, 5.41) is 3.02. The molecular formula is C31H41NO5. The molecule has 2 aromatic carbocycles. The maximum Gasteiger partial charge on any atom is 0.306 e. The lowest BCUT2D eigenvalue weighted by Crippen LogP contribution is -2.45. The molecule has 0 aliphatic carbocycles. The van der Waals surface area contributed by atoms with Crippen LogP contribution >= 0.6 is 0 Å². The lowest BCUT2D eigenvalue weighted by Gasteiger charge is -2.25. The first-order valence-electron chi connectivity index (χ1n) is 13.6. The summed E-state index contributed by atoms with van der Waals surface area (Å²) in [7, 11) is 0. The number of carbonyl (C=O) groups excluding carboxylic acids is 3. The molecule has 0 spiro atoms. The fourth-order valence-corrected chi connectivity index (χ4v) is 4.73. The number of hydrogen-bond acceptors (Lipinski definition) is 5. The highest BCUT2D eigenvalue weighted by atomic mass is 16.5. The fraction of sp³-hybridized carbons (Fsp3) is 0.516. The third kappa shape index (κ3) is 9.67. The smallest absolute Gasteiger partial charge is 0.306 e. The number of carbonyl (C=O) groups is 3. The van der Waals surface area contributed by atoms with E-state index in [9.17, 15) is 14.4 Å². The molecule has 0 fully saturated rings. The third-order valence-corrected chi connectivity index (χ3v) is 6.94. The van der Waals surface area contributed by atoms with Crippen molar-refractivity contribution in [2.24, 2.45) is 17.8 Å². The van der Waals surface area contributed by atoms with Gasteiger partial charge in [-0.05, 0) is 60.8 Å². The largest absolute Gasteiger partial charge is 0.494 e. The van der Waals surface area contributed by atoms with Crippen LogP contribution in [0.15, 0.2) is 54.6 Å². The van der Waals surface area contributed by atoms with E-state index in [-0.39, 0.29) is 36.6 Å². The van der Waals surface area contributed by atoms with Gasteiger partial charge in [0.05, 0.1) is 25.0 Å². The van der Waals surface area contributed by atoms with E-state index in [0.29, 0.717) is 25.9 Å². The zero-order chi connectivity index (χ0) is 26.6. The molecule has 1 N–H and O–H groups in total. The Morgan fingerprint density at radius 2 is 1.78 bits per heavy atom. The van der Waals surface area contributed by atoms with Crippen LogP contribution in [0.2, 0.25) is 0 Å². The minimum atomic E-state index is -0.646. The number of hydrogen-bond donors (Lipinski definition) is 1.